The maximum atomic E-state index is 11.9. The third-order valence-electron chi connectivity index (χ3n) is 2.75. The van der Waals surface area contributed by atoms with Gasteiger partial charge in [0, 0.05) is 11.4 Å². The van der Waals surface area contributed by atoms with E-state index in [0.29, 0.717) is 11.4 Å². The average Bonchev–Trinajstić information content (AvgIpc) is 2.48. The Balaban J connectivity index is 2.03. The lowest BCUT2D eigenvalue weighted by Gasteiger charge is -2.09. The Morgan fingerprint density at radius 2 is 1.73 bits per heavy atom. The number of anilines is 2. The minimum Gasteiger partial charge on any atom is -0.462 e. The van der Waals surface area contributed by atoms with Crippen LogP contribution in [0.5, 0.6) is 0 Å². The Bertz CT molecular complexity index is 674. The van der Waals surface area contributed by atoms with E-state index in [4.69, 9.17) is 16.3 Å². The number of urea groups is 1. The van der Waals surface area contributed by atoms with Gasteiger partial charge in [-0.05, 0) is 37.3 Å². The summed E-state index contributed by atoms with van der Waals surface area (Å²) in [5.41, 5.74) is 1.42. The Kier molecular flexibility index (Phi) is 5.38. The molecule has 0 fully saturated rings. The molecule has 114 valence electrons. The summed E-state index contributed by atoms with van der Waals surface area (Å²) in [5, 5.41) is 5.54. The highest BCUT2D eigenvalue weighted by molar-refractivity contribution is 6.34. The molecule has 0 aliphatic carbocycles. The molecule has 2 aromatic carbocycles. The molecular formula is C16H15ClN2O3. The summed E-state index contributed by atoms with van der Waals surface area (Å²) in [4.78, 5) is 23.5. The van der Waals surface area contributed by atoms with Gasteiger partial charge in [0.1, 0.15) is 0 Å². The molecule has 0 unspecified atom stereocenters. The van der Waals surface area contributed by atoms with Crippen molar-refractivity contribution in [3.05, 3.63) is 59.1 Å². The Labute approximate surface area is 133 Å². The minimum absolute atomic E-state index is 0.218. The summed E-state index contributed by atoms with van der Waals surface area (Å²) in [6, 6.07) is 13.2. The van der Waals surface area contributed by atoms with Crippen LogP contribution in [0.4, 0.5) is 16.2 Å². The Hall–Kier alpha value is -2.53. The van der Waals surface area contributed by atoms with Crippen LogP contribution < -0.4 is 10.6 Å². The molecule has 2 aromatic rings. The van der Waals surface area contributed by atoms with E-state index in [1.807, 2.05) is 18.2 Å². The zero-order chi connectivity index (χ0) is 15.9. The number of esters is 1. The smallest absolute Gasteiger partial charge is 0.339 e. The highest BCUT2D eigenvalue weighted by Gasteiger charge is 2.12. The number of halogens is 1. The van der Waals surface area contributed by atoms with Gasteiger partial charge in [0.15, 0.2) is 0 Å². The van der Waals surface area contributed by atoms with Crippen LogP contribution >= 0.6 is 11.6 Å². The summed E-state index contributed by atoms with van der Waals surface area (Å²) >= 11 is 6.03. The van der Waals surface area contributed by atoms with Crippen molar-refractivity contribution in [1.82, 2.24) is 0 Å². The van der Waals surface area contributed by atoms with Crippen LogP contribution in [0.1, 0.15) is 17.3 Å². The third kappa shape index (κ3) is 4.23. The summed E-state index contributed by atoms with van der Waals surface area (Å²) in [7, 11) is 0. The van der Waals surface area contributed by atoms with Crippen LogP contribution in [0.3, 0.4) is 0 Å². The van der Waals surface area contributed by atoms with Gasteiger partial charge in [-0.1, -0.05) is 29.8 Å². The van der Waals surface area contributed by atoms with Crippen LogP contribution in [0.25, 0.3) is 0 Å². The predicted octanol–water partition coefficient (Wildman–Crippen LogP) is 4.16. The van der Waals surface area contributed by atoms with E-state index >= 15 is 0 Å². The molecule has 6 heteroatoms. The van der Waals surface area contributed by atoms with Gasteiger partial charge in [-0.15, -0.1) is 0 Å². The second kappa shape index (κ2) is 7.47. The van der Waals surface area contributed by atoms with Gasteiger partial charge in [-0.3, -0.25) is 0 Å². The van der Waals surface area contributed by atoms with Crippen molar-refractivity contribution in [2.75, 3.05) is 17.2 Å². The molecule has 0 aromatic heterocycles. The average molecular weight is 319 g/mol. The molecule has 0 saturated heterocycles. The van der Waals surface area contributed by atoms with E-state index in [9.17, 15) is 9.59 Å². The lowest BCUT2D eigenvalue weighted by atomic mass is 10.2. The number of benzene rings is 2. The van der Waals surface area contributed by atoms with Gasteiger partial charge in [0.2, 0.25) is 0 Å². The molecule has 0 spiro atoms. The van der Waals surface area contributed by atoms with Gasteiger partial charge in [-0.2, -0.15) is 0 Å². The molecule has 0 bridgehead atoms. The van der Waals surface area contributed by atoms with Crippen molar-refractivity contribution >= 4 is 35.0 Å². The third-order valence-corrected chi connectivity index (χ3v) is 3.07. The van der Waals surface area contributed by atoms with Crippen molar-refractivity contribution < 1.29 is 14.3 Å². The van der Waals surface area contributed by atoms with Crippen molar-refractivity contribution in [2.45, 2.75) is 6.92 Å². The fourth-order valence-corrected chi connectivity index (χ4v) is 2.04. The van der Waals surface area contributed by atoms with Crippen molar-refractivity contribution in [3.63, 3.8) is 0 Å². The molecule has 0 saturated carbocycles. The van der Waals surface area contributed by atoms with Crippen LogP contribution in [0, 0.1) is 0 Å². The van der Waals surface area contributed by atoms with Crippen LogP contribution in [0.2, 0.25) is 5.02 Å². The number of hydrogen-bond acceptors (Lipinski definition) is 3. The zero-order valence-electron chi connectivity index (χ0n) is 11.9. The monoisotopic (exact) mass is 318 g/mol. The van der Waals surface area contributed by atoms with Crippen molar-refractivity contribution in [2.24, 2.45) is 0 Å². The number of rotatable bonds is 4. The first-order valence-corrected chi connectivity index (χ1v) is 7.07. The number of amides is 2. The molecule has 0 atom stereocenters. The van der Waals surface area contributed by atoms with Crippen LogP contribution in [0.15, 0.2) is 48.5 Å². The highest BCUT2D eigenvalue weighted by Crippen LogP contribution is 2.22. The second-order valence-corrected chi connectivity index (χ2v) is 4.77. The molecule has 22 heavy (non-hydrogen) atoms. The molecule has 2 rings (SSSR count). The van der Waals surface area contributed by atoms with E-state index < -0.39 is 12.0 Å². The molecular weight excluding hydrogens is 304 g/mol. The van der Waals surface area contributed by atoms with Gasteiger partial charge >= 0.3 is 12.0 Å². The standard InChI is InChI=1S/C16H15ClN2O3/c1-2-22-15(20)13-9-8-12(10-14(13)17)19-16(21)18-11-6-4-3-5-7-11/h3-10H,2H2,1H3,(H2,18,19,21). The number of carbonyl (C=O) groups is 2. The maximum Gasteiger partial charge on any atom is 0.339 e. The van der Waals surface area contributed by atoms with Gasteiger partial charge in [0.05, 0.1) is 17.2 Å². The lowest BCUT2D eigenvalue weighted by molar-refractivity contribution is 0.0526. The van der Waals surface area contributed by atoms with Crippen LogP contribution in [-0.4, -0.2) is 18.6 Å². The fourth-order valence-electron chi connectivity index (χ4n) is 1.78. The van der Waals surface area contributed by atoms with E-state index in [1.165, 1.54) is 12.1 Å². The summed E-state index contributed by atoms with van der Waals surface area (Å²) in [5.74, 6) is -0.493. The first kappa shape index (κ1) is 15.9. The Morgan fingerprint density at radius 1 is 1.05 bits per heavy atom. The van der Waals surface area contributed by atoms with E-state index in [1.54, 1.807) is 25.1 Å². The highest BCUT2D eigenvalue weighted by atomic mass is 35.5. The van der Waals surface area contributed by atoms with E-state index in [0.717, 1.165) is 0 Å². The molecule has 2 amide bonds. The summed E-state index contributed by atoms with van der Waals surface area (Å²) < 4.78 is 4.89. The molecule has 0 aliphatic heterocycles. The SMILES string of the molecule is CCOC(=O)c1ccc(NC(=O)Nc2ccccc2)cc1Cl. The van der Waals surface area contributed by atoms with Crippen molar-refractivity contribution in [1.29, 1.82) is 0 Å². The summed E-state index contributed by atoms with van der Waals surface area (Å²) in [6.45, 7) is 1.99. The first-order valence-electron chi connectivity index (χ1n) is 6.70. The van der Waals surface area contributed by atoms with Crippen molar-refractivity contribution in [3.8, 4) is 0 Å². The van der Waals surface area contributed by atoms with Gasteiger partial charge in [-0.25, -0.2) is 9.59 Å². The zero-order valence-corrected chi connectivity index (χ0v) is 12.7. The number of ether oxygens (including phenoxy) is 1. The lowest BCUT2D eigenvalue weighted by Crippen LogP contribution is -2.19. The molecule has 0 aliphatic rings. The number of carbonyl (C=O) groups excluding carboxylic acids is 2. The molecule has 2 N–H and O–H groups in total. The van der Waals surface area contributed by atoms with Gasteiger partial charge in [0.25, 0.3) is 0 Å². The quantitative estimate of drug-likeness (QED) is 0.832. The predicted molar refractivity (Wildman–Crippen MR) is 86.5 cm³/mol. The number of nitrogens with one attached hydrogen (secondary N) is 2. The second-order valence-electron chi connectivity index (χ2n) is 4.36. The summed E-state index contributed by atoms with van der Waals surface area (Å²) in [6.07, 6.45) is 0. The first-order chi connectivity index (χ1) is 10.6. The Morgan fingerprint density at radius 3 is 2.36 bits per heavy atom. The normalized spacial score (nSPS) is 9.91. The largest absolute Gasteiger partial charge is 0.462 e. The molecule has 5 nitrogen and oxygen atoms in total. The maximum absolute atomic E-state index is 11.9. The van der Waals surface area contributed by atoms with E-state index in [-0.39, 0.29) is 17.2 Å². The molecule has 0 radical (unpaired) electrons. The number of hydrogen-bond donors (Lipinski definition) is 2. The van der Waals surface area contributed by atoms with Gasteiger partial charge < -0.3 is 15.4 Å². The number of para-hydroxylation sites is 1. The minimum atomic E-state index is -0.493. The topological polar surface area (TPSA) is 67.4 Å². The van der Waals surface area contributed by atoms with Crippen LogP contribution in [-0.2, 0) is 4.74 Å². The fraction of sp³-hybridized carbons (Fsp3) is 0.125. The van der Waals surface area contributed by atoms with E-state index in [2.05, 4.69) is 10.6 Å². The molecule has 0 heterocycles.